The van der Waals surface area contributed by atoms with Gasteiger partial charge in [0.05, 0.1) is 13.7 Å². The molecule has 2 aromatic rings. The van der Waals surface area contributed by atoms with E-state index in [2.05, 4.69) is 0 Å². The molecule has 0 fully saturated rings. The highest BCUT2D eigenvalue weighted by Gasteiger charge is 2.08. The molecule has 0 aliphatic carbocycles. The number of hydrogen-bond acceptors (Lipinski definition) is 4. The lowest BCUT2D eigenvalue weighted by molar-refractivity contribution is -0.143. The van der Waals surface area contributed by atoms with Gasteiger partial charge in [0.2, 0.25) is 0 Å². The molecular formula is C19H21FO4. The van der Waals surface area contributed by atoms with E-state index in [0.29, 0.717) is 36.7 Å². The van der Waals surface area contributed by atoms with Crippen LogP contribution < -0.4 is 9.47 Å². The monoisotopic (exact) mass is 332 g/mol. The Hall–Kier alpha value is -2.56. The van der Waals surface area contributed by atoms with Crippen molar-refractivity contribution in [1.29, 1.82) is 0 Å². The first-order valence-corrected chi connectivity index (χ1v) is 7.79. The predicted octanol–water partition coefficient (Wildman–Crippen LogP) is 4.43. The van der Waals surface area contributed by atoms with Crippen LogP contribution in [0.5, 0.6) is 17.2 Å². The van der Waals surface area contributed by atoms with E-state index in [1.807, 2.05) is 19.1 Å². The number of aryl methyl sites for hydroxylation is 2. The fourth-order valence-electron chi connectivity index (χ4n) is 2.33. The van der Waals surface area contributed by atoms with Crippen LogP contribution in [0, 0.1) is 12.7 Å². The Labute approximate surface area is 141 Å². The normalized spacial score (nSPS) is 10.3. The summed E-state index contributed by atoms with van der Waals surface area (Å²) >= 11 is 0. The smallest absolute Gasteiger partial charge is 0.306 e. The van der Waals surface area contributed by atoms with E-state index in [0.717, 1.165) is 11.1 Å². The Bertz CT molecular complexity index is 713. The van der Waals surface area contributed by atoms with Crippen LogP contribution >= 0.6 is 0 Å². The van der Waals surface area contributed by atoms with E-state index >= 15 is 0 Å². The Morgan fingerprint density at radius 2 is 1.83 bits per heavy atom. The molecule has 0 amide bonds. The minimum Gasteiger partial charge on any atom is -0.497 e. The van der Waals surface area contributed by atoms with E-state index in [1.54, 1.807) is 19.1 Å². The van der Waals surface area contributed by atoms with E-state index < -0.39 is 5.82 Å². The van der Waals surface area contributed by atoms with Crippen molar-refractivity contribution in [2.24, 2.45) is 0 Å². The number of rotatable bonds is 7. The summed E-state index contributed by atoms with van der Waals surface area (Å²) in [5, 5.41) is 0. The van der Waals surface area contributed by atoms with Crippen molar-refractivity contribution < 1.29 is 23.4 Å². The largest absolute Gasteiger partial charge is 0.497 e. The summed E-state index contributed by atoms with van der Waals surface area (Å²) < 4.78 is 29.1. The average molecular weight is 332 g/mol. The summed E-state index contributed by atoms with van der Waals surface area (Å²) in [6, 6.07) is 9.76. The average Bonchev–Trinajstić information content (AvgIpc) is 2.53. The van der Waals surface area contributed by atoms with E-state index in [4.69, 9.17) is 14.2 Å². The first kappa shape index (κ1) is 17.8. The van der Waals surface area contributed by atoms with E-state index in [9.17, 15) is 9.18 Å². The number of halogens is 1. The van der Waals surface area contributed by atoms with Crippen LogP contribution in [0.3, 0.4) is 0 Å². The van der Waals surface area contributed by atoms with Gasteiger partial charge in [0.1, 0.15) is 23.1 Å². The Balaban J connectivity index is 2.06. The molecule has 24 heavy (non-hydrogen) atoms. The molecule has 4 nitrogen and oxygen atoms in total. The topological polar surface area (TPSA) is 44.8 Å². The quantitative estimate of drug-likeness (QED) is 0.704. The van der Waals surface area contributed by atoms with Gasteiger partial charge in [-0.1, -0.05) is 6.07 Å². The van der Waals surface area contributed by atoms with Gasteiger partial charge < -0.3 is 14.2 Å². The summed E-state index contributed by atoms with van der Waals surface area (Å²) in [5.41, 5.74) is 2.05. The Morgan fingerprint density at radius 3 is 2.50 bits per heavy atom. The van der Waals surface area contributed by atoms with Gasteiger partial charge in [-0.3, -0.25) is 4.79 Å². The molecule has 0 spiro atoms. The first-order chi connectivity index (χ1) is 11.5. The SMILES string of the molecule is CCOC(=O)CCc1ccc(Oc2cc(F)cc(OC)c2)cc1C. The van der Waals surface area contributed by atoms with Crippen LogP contribution in [0.15, 0.2) is 36.4 Å². The van der Waals surface area contributed by atoms with Crippen LogP contribution in [0.25, 0.3) is 0 Å². The summed E-state index contributed by atoms with van der Waals surface area (Å²) in [6.07, 6.45) is 0.953. The molecule has 128 valence electrons. The lowest BCUT2D eigenvalue weighted by Gasteiger charge is -2.11. The summed E-state index contributed by atoms with van der Waals surface area (Å²) in [5.74, 6) is 0.731. The van der Waals surface area contributed by atoms with Crippen molar-refractivity contribution in [3.8, 4) is 17.2 Å². The number of hydrogen-bond donors (Lipinski definition) is 0. The molecule has 0 saturated carbocycles. The maximum atomic E-state index is 13.5. The van der Waals surface area contributed by atoms with Gasteiger partial charge in [-0.15, -0.1) is 0 Å². The van der Waals surface area contributed by atoms with Gasteiger partial charge >= 0.3 is 5.97 Å². The number of ether oxygens (including phenoxy) is 3. The molecule has 2 aromatic carbocycles. The second kappa shape index (κ2) is 8.34. The van der Waals surface area contributed by atoms with Gasteiger partial charge in [0.25, 0.3) is 0 Å². The number of methoxy groups -OCH3 is 1. The number of carbonyl (C=O) groups excluding carboxylic acids is 1. The Kier molecular flexibility index (Phi) is 6.18. The van der Waals surface area contributed by atoms with Gasteiger partial charge in [-0.25, -0.2) is 4.39 Å². The van der Waals surface area contributed by atoms with Crippen molar-refractivity contribution in [3.63, 3.8) is 0 Å². The van der Waals surface area contributed by atoms with Crippen LogP contribution in [-0.4, -0.2) is 19.7 Å². The van der Waals surface area contributed by atoms with Crippen molar-refractivity contribution >= 4 is 5.97 Å². The molecule has 0 saturated heterocycles. The van der Waals surface area contributed by atoms with Crippen LogP contribution in [0.1, 0.15) is 24.5 Å². The first-order valence-electron chi connectivity index (χ1n) is 7.79. The van der Waals surface area contributed by atoms with Gasteiger partial charge in [0, 0.05) is 24.6 Å². The van der Waals surface area contributed by atoms with E-state index in [1.165, 1.54) is 19.2 Å². The van der Waals surface area contributed by atoms with Crippen molar-refractivity contribution in [3.05, 3.63) is 53.3 Å². The minimum absolute atomic E-state index is 0.205. The zero-order chi connectivity index (χ0) is 17.5. The third-order valence-electron chi connectivity index (χ3n) is 3.53. The van der Waals surface area contributed by atoms with Crippen molar-refractivity contribution in [2.75, 3.05) is 13.7 Å². The van der Waals surface area contributed by atoms with Crippen LogP contribution in [0.4, 0.5) is 4.39 Å². The summed E-state index contributed by atoms with van der Waals surface area (Å²) in [4.78, 5) is 11.4. The zero-order valence-corrected chi connectivity index (χ0v) is 14.1. The molecule has 0 bridgehead atoms. The van der Waals surface area contributed by atoms with Gasteiger partial charge in [0.15, 0.2) is 0 Å². The summed E-state index contributed by atoms with van der Waals surface area (Å²) in [6.45, 7) is 4.12. The third kappa shape index (κ3) is 4.98. The predicted molar refractivity (Wildman–Crippen MR) is 89.2 cm³/mol. The standard InChI is InChI=1S/C19H21FO4/c1-4-23-19(21)8-6-14-5-7-16(9-13(14)2)24-18-11-15(20)10-17(12-18)22-3/h5,7,9-12H,4,6,8H2,1-3H3. The third-order valence-corrected chi connectivity index (χ3v) is 3.53. The molecule has 5 heteroatoms. The highest BCUT2D eigenvalue weighted by Crippen LogP contribution is 2.28. The lowest BCUT2D eigenvalue weighted by atomic mass is 10.0. The van der Waals surface area contributed by atoms with Crippen molar-refractivity contribution in [1.82, 2.24) is 0 Å². The van der Waals surface area contributed by atoms with Crippen LogP contribution in [0.2, 0.25) is 0 Å². The molecule has 0 unspecified atom stereocenters. The number of benzene rings is 2. The second-order valence-electron chi connectivity index (χ2n) is 5.32. The molecule has 0 radical (unpaired) electrons. The zero-order valence-electron chi connectivity index (χ0n) is 14.1. The maximum absolute atomic E-state index is 13.5. The summed E-state index contributed by atoms with van der Waals surface area (Å²) in [7, 11) is 1.47. The molecule has 0 atom stereocenters. The number of esters is 1. The van der Waals surface area contributed by atoms with E-state index in [-0.39, 0.29) is 5.97 Å². The molecule has 0 aliphatic rings. The minimum atomic E-state index is -0.424. The highest BCUT2D eigenvalue weighted by atomic mass is 19.1. The fourth-order valence-corrected chi connectivity index (χ4v) is 2.33. The molecule has 0 aromatic heterocycles. The highest BCUT2D eigenvalue weighted by molar-refractivity contribution is 5.69. The lowest BCUT2D eigenvalue weighted by Crippen LogP contribution is -2.05. The second-order valence-corrected chi connectivity index (χ2v) is 5.32. The van der Waals surface area contributed by atoms with Gasteiger partial charge in [-0.05, 0) is 43.5 Å². The number of carbonyl (C=O) groups is 1. The van der Waals surface area contributed by atoms with Crippen LogP contribution in [-0.2, 0) is 16.0 Å². The fraction of sp³-hybridized carbons (Fsp3) is 0.316. The molecule has 2 rings (SSSR count). The Morgan fingerprint density at radius 1 is 1.08 bits per heavy atom. The molecule has 0 aliphatic heterocycles. The van der Waals surface area contributed by atoms with Gasteiger partial charge in [-0.2, -0.15) is 0 Å². The molecular weight excluding hydrogens is 311 g/mol. The molecule has 0 heterocycles. The molecule has 0 N–H and O–H groups in total. The van der Waals surface area contributed by atoms with Crippen molar-refractivity contribution in [2.45, 2.75) is 26.7 Å². The maximum Gasteiger partial charge on any atom is 0.306 e.